The first-order chi connectivity index (χ1) is 8.26. The molecule has 0 bridgehead atoms. The van der Waals surface area contributed by atoms with E-state index in [4.69, 9.17) is 11.6 Å². The molecule has 0 atom stereocenters. The SMILES string of the molecule is CCCc1nccn1-c1ccc(CCl)c(Br)c1. The lowest BCUT2D eigenvalue weighted by Crippen LogP contribution is -2.00. The third kappa shape index (κ3) is 2.72. The molecule has 1 aromatic carbocycles. The molecule has 0 spiro atoms. The average molecular weight is 314 g/mol. The van der Waals surface area contributed by atoms with Crippen molar-refractivity contribution in [3.63, 3.8) is 0 Å². The lowest BCUT2D eigenvalue weighted by Gasteiger charge is -2.09. The van der Waals surface area contributed by atoms with Gasteiger partial charge in [0.05, 0.1) is 0 Å². The molecule has 90 valence electrons. The van der Waals surface area contributed by atoms with E-state index in [1.54, 1.807) is 0 Å². The van der Waals surface area contributed by atoms with E-state index in [9.17, 15) is 0 Å². The fourth-order valence-corrected chi connectivity index (χ4v) is 2.67. The van der Waals surface area contributed by atoms with Crippen LogP contribution in [0.25, 0.3) is 5.69 Å². The van der Waals surface area contributed by atoms with Crippen molar-refractivity contribution < 1.29 is 0 Å². The Morgan fingerprint density at radius 3 is 2.88 bits per heavy atom. The van der Waals surface area contributed by atoms with E-state index in [2.05, 4.69) is 44.5 Å². The normalized spacial score (nSPS) is 10.8. The molecule has 4 heteroatoms. The number of hydrogen-bond acceptors (Lipinski definition) is 1. The van der Waals surface area contributed by atoms with Crippen LogP contribution < -0.4 is 0 Å². The zero-order valence-corrected chi connectivity index (χ0v) is 12.0. The minimum Gasteiger partial charge on any atom is -0.304 e. The first-order valence-electron chi connectivity index (χ1n) is 5.63. The quantitative estimate of drug-likeness (QED) is 0.768. The van der Waals surface area contributed by atoms with Gasteiger partial charge in [-0.2, -0.15) is 0 Å². The van der Waals surface area contributed by atoms with Gasteiger partial charge < -0.3 is 4.57 Å². The smallest absolute Gasteiger partial charge is 0.113 e. The minimum absolute atomic E-state index is 0.520. The fourth-order valence-electron chi connectivity index (χ4n) is 1.77. The van der Waals surface area contributed by atoms with Crippen molar-refractivity contribution in [1.82, 2.24) is 9.55 Å². The summed E-state index contributed by atoms with van der Waals surface area (Å²) in [5.74, 6) is 1.62. The summed E-state index contributed by atoms with van der Waals surface area (Å²) < 4.78 is 3.16. The summed E-state index contributed by atoms with van der Waals surface area (Å²) in [6.45, 7) is 2.16. The maximum absolute atomic E-state index is 5.84. The highest BCUT2D eigenvalue weighted by Crippen LogP contribution is 2.23. The van der Waals surface area contributed by atoms with Gasteiger partial charge >= 0.3 is 0 Å². The van der Waals surface area contributed by atoms with Crippen molar-refractivity contribution in [2.45, 2.75) is 25.6 Å². The minimum atomic E-state index is 0.520. The van der Waals surface area contributed by atoms with Gasteiger partial charge in [-0.05, 0) is 24.1 Å². The molecule has 0 saturated carbocycles. The van der Waals surface area contributed by atoms with E-state index in [1.807, 2.05) is 18.5 Å². The molecule has 17 heavy (non-hydrogen) atoms. The van der Waals surface area contributed by atoms with Gasteiger partial charge in [-0.1, -0.05) is 28.9 Å². The first kappa shape index (κ1) is 12.7. The lowest BCUT2D eigenvalue weighted by atomic mass is 10.2. The number of imidazole rings is 1. The van der Waals surface area contributed by atoms with Gasteiger partial charge in [-0.25, -0.2) is 4.98 Å². The van der Waals surface area contributed by atoms with Crippen LogP contribution in [0, 0.1) is 0 Å². The highest BCUT2D eigenvalue weighted by atomic mass is 79.9. The van der Waals surface area contributed by atoms with Gasteiger partial charge in [0.15, 0.2) is 0 Å². The largest absolute Gasteiger partial charge is 0.304 e. The van der Waals surface area contributed by atoms with Crippen LogP contribution in [0.4, 0.5) is 0 Å². The molecule has 2 aromatic rings. The molecule has 0 unspecified atom stereocenters. The van der Waals surface area contributed by atoms with Gasteiger partial charge in [0.1, 0.15) is 5.82 Å². The maximum Gasteiger partial charge on any atom is 0.113 e. The van der Waals surface area contributed by atoms with Crippen LogP contribution in [0.2, 0.25) is 0 Å². The topological polar surface area (TPSA) is 17.8 Å². The number of benzene rings is 1. The van der Waals surface area contributed by atoms with Crippen molar-refractivity contribution in [3.8, 4) is 5.69 Å². The molecule has 0 amide bonds. The predicted octanol–water partition coefficient (Wildman–Crippen LogP) is 4.33. The first-order valence-corrected chi connectivity index (χ1v) is 6.96. The van der Waals surface area contributed by atoms with Crippen LogP contribution in [0.1, 0.15) is 24.7 Å². The van der Waals surface area contributed by atoms with Gasteiger partial charge in [0.25, 0.3) is 0 Å². The van der Waals surface area contributed by atoms with E-state index in [-0.39, 0.29) is 0 Å². The van der Waals surface area contributed by atoms with Crippen molar-refractivity contribution in [1.29, 1.82) is 0 Å². The Labute approximate surface area is 115 Å². The summed E-state index contributed by atoms with van der Waals surface area (Å²) in [6.07, 6.45) is 5.92. The van der Waals surface area contributed by atoms with Crippen molar-refractivity contribution in [2.75, 3.05) is 0 Å². The molecule has 0 aliphatic heterocycles. The number of nitrogens with zero attached hydrogens (tertiary/aromatic N) is 2. The van der Waals surface area contributed by atoms with Gasteiger partial charge in [-0.15, -0.1) is 11.6 Å². The van der Waals surface area contributed by atoms with Crippen LogP contribution in [-0.4, -0.2) is 9.55 Å². The standard InChI is InChI=1S/C13H14BrClN2/c1-2-3-13-16-6-7-17(13)11-5-4-10(9-15)12(14)8-11/h4-8H,2-3,9H2,1H3. The monoisotopic (exact) mass is 312 g/mol. The predicted molar refractivity (Wildman–Crippen MR) is 74.8 cm³/mol. The van der Waals surface area contributed by atoms with E-state index >= 15 is 0 Å². The van der Waals surface area contributed by atoms with Crippen molar-refractivity contribution in [2.24, 2.45) is 0 Å². The summed E-state index contributed by atoms with van der Waals surface area (Å²) in [5, 5.41) is 0. The van der Waals surface area contributed by atoms with Crippen LogP contribution in [-0.2, 0) is 12.3 Å². The Hall–Kier alpha value is -0.800. The Balaban J connectivity index is 2.39. The van der Waals surface area contributed by atoms with Crippen molar-refractivity contribution in [3.05, 3.63) is 46.5 Å². The molecular weight excluding hydrogens is 300 g/mol. The third-order valence-corrected chi connectivity index (χ3v) is 3.68. The highest BCUT2D eigenvalue weighted by molar-refractivity contribution is 9.10. The van der Waals surface area contributed by atoms with E-state index in [1.165, 1.54) is 0 Å². The van der Waals surface area contributed by atoms with E-state index in [0.29, 0.717) is 5.88 Å². The number of aromatic nitrogens is 2. The number of hydrogen-bond donors (Lipinski definition) is 0. The third-order valence-electron chi connectivity index (χ3n) is 2.65. The van der Waals surface area contributed by atoms with Gasteiger partial charge in [0.2, 0.25) is 0 Å². The zero-order valence-electron chi connectivity index (χ0n) is 9.66. The Morgan fingerprint density at radius 2 is 2.24 bits per heavy atom. The second-order valence-electron chi connectivity index (χ2n) is 3.87. The average Bonchev–Trinajstić information content (AvgIpc) is 2.78. The number of halogens is 2. The molecule has 0 fully saturated rings. The molecule has 0 aliphatic carbocycles. The molecular formula is C13H14BrClN2. The summed E-state index contributed by atoms with van der Waals surface area (Å²) in [7, 11) is 0. The molecule has 0 N–H and O–H groups in total. The fraction of sp³-hybridized carbons (Fsp3) is 0.308. The molecule has 2 nitrogen and oxygen atoms in total. The van der Waals surface area contributed by atoms with E-state index < -0.39 is 0 Å². The summed E-state index contributed by atoms with van der Waals surface area (Å²) in [4.78, 5) is 4.38. The highest BCUT2D eigenvalue weighted by Gasteiger charge is 2.06. The van der Waals surface area contributed by atoms with Crippen molar-refractivity contribution >= 4 is 27.5 Å². The Kier molecular flexibility index (Phi) is 4.24. The van der Waals surface area contributed by atoms with Gasteiger partial charge in [-0.3, -0.25) is 0 Å². The van der Waals surface area contributed by atoms with Crippen LogP contribution >= 0.6 is 27.5 Å². The van der Waals surface area contributed by atoms with Gasteiger partial charge in [0, 0.05) is 34.9 Å². The summed E-state index contributed by atoms with van der Waals surface area (Å²) in [5.41, 5.74) is 2.22. The second kappa shape index (κ2) is 5.69. The summed E-state index contributed by atoms with van der Waals surface area (Å²) in [6, 6.07) is 6.20. The summed E-state index contributed by atoms with van der Waals surface area (Å²) >= 11 is 9.38. The zero-order chi connectivity index (χ0) is 12.3. The number of rotatable bonds is 4. The van der Waals surface area contributed by atoms with Crippen LogP contribution in [0.5, 0.6) is 0 Å². The molecule has 0 saturated heterocycles. The molecule has 1 heterocycles. The maximum atomic E-state index is 5.84. The molecule has 0 radical (unpaired) electrons. The van der Waals surface area contributed by atoms with Crippen LogP contribution in [0.3, 0.4) is 0 Å². The Morgan fingerprint density at radius 1 is 1.41 bits per heavy atom. The number of aryl methyl sites for hydroxylation is 1. The van der Waals surface area contributed by atoms with E-state index in [0.717, 1.165) is 34.4 Å². The number of alkyl halides is 1. The molecule has 0 aliphatic rings. The lowest BCUT2D eigenvalue weighted by molar-refractivity contribution is 0.809. The second-order valence-corrected chi connectivity index (χ2v) is 4.99. The molecule has 2 rings (SSSR count). The molecule has 1 aromatic heterocycles. The Bertz CT molecular complexity index is 508. The van der Waals surface area contributed by atoms with Crippen LogP contribution in [0.15, 0.2) is 35.1 Å².